The highest BCUT2D eigenvalue weighted by Gasteiger charge is 2.25. The zero-order valence-electron chi connectivity index (χ0n) is 11.5. The topological polar surface area (TPSA) is 78.4 Å². The highest BCUT2D eigenvalue weighted by Crippen LogP contribution is 2.18. The van der Waals surface area contributed by atoms with E-state index in [1.54, 1.807) is 11.9 Å². The average molecular weight is 332 g/mol. The maximum atomic E-state index is 12.4. The zero-order chi connectivity index (χ0) is 15.4. The fourth-order valence-electron chi connectivity index (χ4n) is 2.06. The quantitative estimate of drug-likeness (QED) is 0.861. The molecule has 0 bridgehead atoms. The maximum absolute atomic E-state index is 12.4. The van der Waals surface area contributed by atoms with E-state index in [1.165, 1.54) is 6.07 Å². The van der Waals surface area contributed by atoms with E-state index in [1.807, 2.05) is 4.90 Å². The number of carbonyl (C=O) groups is 2. The number of amides is 2. The third kappa shape index (κ3) is 4.03. The predicted molar refractivity (Wildman–Crippen MR) is 78.5 cm³/mol. The number of hydrogen-bond acceptors (Lipinski definition) is 5. The van der Waals surface area contributed by atoms with Crippen molar-refractivity contribution in [2.45, 2.75) is 0 Å². The highest BCUT2D eigenvalue weighted by molar-refractivity contribution is 6.34. The Labute approximate surface area is 132 Å². The molecule has 114 valence electrons. The Kier molecular flexibility index (Phi) is 5.33. The number of hydrogen-bond donors (Lipinski definition) is 1. The van der Waals surface area contributed by atoms with Gasteiger partial charge in [-0.05, 0) is 6.07 Å². The number of nitrogens with zero attached hydrogens (tertiary/aromatic N) is 4. The van der Waals surface area contributed by atoms with Crippen molar-refractivity contribution in [3.63, 3.8) is 0 Å². The van der Waals surface area contributed by atoms with Crippen molar-refractivity contribution < 1.29 is 9.59 Å². The molecule has 1 aliphatic heterocycles. The van der Waals surface area contributed by atoms with E-state index in [4.69, 9.17) is 23.2 Å². The molecule has 0 aromatic carbocycles. The molecule has 1 fully saturated rings. The number of nitrogens with one attached hydrogen (secondary N) is 1. The van der Waals surface area contributed by atoms with Gasteiger partial charge in [-0.1, -0.05) is 23.2 Å². The molecule has 1 aliphatic rings. The Hall–Kier alpha value is -1.44. The fourth-order valence-corrected chi connectivity index (χ4v) is 2.38. The molecular formula is C12H15Cl2N5O2. The predicted octanol–water partition coefficient (Wildman–Crippen LogP) is 0.287. The number of halogens is 2. The second kappa shape index (κ2) is 7.02. The van der Waals surface area contributed by atoms with E-state index in [0.717, 1.165) is 0 Å². The van der Waals surface area contributed by atoms with Crippen LogP contribution in [0.4, 0.5) is 0 Å². The van der Waals surface area contributed by atoms with Crippen molar-refractivity contribution in [2.75, 3.05) is 39.8 Å². The summed E-state index contributed by atoms with van der Waals surface area (Å²) in [7, 11) is 1.60. The molecule has 1 saturated heterocycles. The second-order valence-corrected chi connectivity index (χ2v) is 5.36. The van der Waals surface area contributed by atoms with Crippen LogP contribution in [0.2, 0.25) is 10.3 Å². The third-order valence-electron chi connectivity index (χ3n) is 3.25. The Morgan fingerprint density at radius 1 is 1.24 bits per heavy atom. The first kappa shape index (κ1) is 15.9. The van der Waals surface area contributed by atoms with Crippen LogP contribution in [-0.4, -0.2) is 71.6 Å². The van der Waals surface area contributed by atoms with Gasteiger partial charge >= 0.3 is 0 Å². The fraction of sp³-hybridized carbons (Fsp3) is 0.500. The second-order valence-electron chi connectivity index (χ2n) is 4.61. The zero-order valence-corrected chi connectivity index (χ0v) is 13.0. The van der Waals surface area contributed by atoms with Gasteiger partial charge in [0, 0.05) is 33.2 Å². The summed E-state index contributed by atoms with van der Waals surface area (Å²) in [5.74, 6) is -0.265. The van der Waals surface area contributed by atoms with Gasteiger partial charge in [0.05, 0.1) is 12.1 Å². The van der Waals surface area contributed by atoms with E-state index >= 15 is 0 Å². The van der Waals surface area contributed by atoms with Crippen LogP contribution in [-0.2, 0) is 4.79 Å². The van der Waals surface area contributed by atoms with Crippen molar-refractivity contribution in [1.29, 1.82) is 0 Å². The number of piperazine rings is 1. The summed E-state index contributed by atoms with van der Waals surface area (Å²) in [6, 6.07) is 1.41. The molecule has 2 rings (SSSR count). The molecule has 1 aromatic rings. The van der Waals surface area contributed by atoms with Crippen molar-refractivity contribution >= 4 is 35.0 Å². The molecule has 9 heteroatoms. The van der Waals surface area contributed by atoms with Crippen molar-refractivity contribution in [2.24, 2.45) is 0 Å². The summed E-state index contributed by atoms with van der Waals surface area (Å²) < 4.78 is 0. The molecule has 0 radical (unpaired) electrons. The number of likely N-dealkylation sites (N-methyl/N-ethyl adjacent to an activating group) is 1. The number of rotatable bonds is 3. The standard InChI is InChI=1S/C12H15Cl2N5O2/c1-15-10(20)7-18-2-4-19(5-3-18)12(21)8-6-9(13)16-17-11(8)14/h6H,2-5,7H2,1H3,(H,15,20). The van der Waals surface area contributed by atoms with Gasteiger partial charge in [0.25, 0.3) is 5.91 Å². The molecule has 7 nitrogen and oxygen atoms in total. The monoisotopic (exact) mass is 331 g/mol. The smallest absolute Gasteiger partial charge is 0.257 e. The summed E-state index contributed by atoms with van der Waals surface area (Å²) in [5.41, 5.74) is 0.247. The molecule has 0 saturated carbocycles. The van der Waals surface area contributed by atoms with Gasteiger partial charge in [-0.25, -0.2) is 0 Å². The first-order valence-electron chi connectivity index (χ1n) is 6.42. The minimum Gasteiger partial charge on any atom is -0.358 e. The molecule has 2 heterocycles. The molecule has 1 aromatic heterocycles. The third-order valence-corrected chi connectivity index (χ3v) is 3.72. The Morgan fingerprint density at radius 2 is 1.90 bits per heavy atom. The van der Waals surface area contributed by atoms with Gasteiger partial charge in [0.2, 0.25) is 5.91 Å². The lowest BCUT2D eigenvalue weighted by Gasteiger charge is -2.34. The van der Waals surface area contributed by atoms with Gasteiger partial charge in [-0.15, -0.1) is 10.2 Å². The molecule has 0 spiro atoms. The Bertz CT molecular complexity index is 546. The Morgan fingerprint density at radius 3 is 2.52 bits per heavy atom. The largest absolute Gasteiger partial charge is 0.358 e. The average Bonchev–Trinajstić information content (AvgIpc) is 2.49. The highest BCUT2D eigenvalue weighted by atomic mass is 35.5. The first-order valence-corrected chi connectivity index (χ1v) is 7.18. The lowest BCUT2D eigenvalue weighted by atomic mass is 10.2. The minimum absolute atomic E-state index is 0.0389. The van der Waals surface area contributed by atoms with Crippen LogP contribution < -0.4 is 5.32 Å². The van der Waals surface area contributed by atoms with E-state index in [-0.39, 0.29) is 27.7 Å². The van der Waals surface area contributed by atoms with Gasteiger partial charge in [-0.3, -0.25) is 14.5 Å². The molecule has 1 N–H and O–H groups in total. The van der Waals surface area contributed by atoms with Crippen LogP contribution in [0.15, 0.2) is 6.07 Å². The van der Waals surface area contributed by atoms with Crippen molar-refractivity contribution in [3.8, 4) is 0 Å². The van der Waals surface area contributed by atoms with Crippen molar-refractivity contribution in [3.05, 3.63) is 21.9 Å². The molecular weight excluding hydrogens is 317 g/mol. The van der Waals surface area contributed by atoms with Gasteiger partial charge in [0.1, 0.15) is 0 Å². The Balaban J connectivity index is 1.97. The normalized spacial score (nSPS) is 15.9. The first-order chi connectivity index (χ1) is 10.0. The van der Waals surface area contributed by atoms with Crippen LogP contribution in [0.5, 0.6) is 0 Å². The number of carbonyl (C=O) groups excluding carboxylic acids is 2. The lowest BCUT2D eigenvalue weighted by Crippen LogP contribution is -2.51. The molecule has 0 atom stereocenters. The number of aromatic nitrogens is 2. The van der Waals surface area contributed by atoms with Crippen LogP contribution >= 0.6 is 23.2 Å². The summed E-state index contributed by atoms with van der Waals surface area (Å²) in [6.07, 6.45) is 0. The molecule has 2 amide bonds. The van der Waals surface area contributed by atoms with Gasteiger partial charge in [0.15, 0.2) is 10.3 Å². The summed E-state index contributed by atoms with van der Waals surface area (Å²) in [4.78, 5) is 27.3. The van der Waals surface area contributed by atoms with E-state index in [2.05, 4.69) is 15.5 Å². The molecule has 0 unspecified atom stereocenters. The van der Waals surface area contributed by atoms with Gasteiger partial charge < -0.3 is 10.2 Å². The molecule has 21 heavy (non-hydrogen) atoms. The summed E-state index contributed by atoms with van der Waals surface area (Å²) in [5, 5.41) is 9.96. The van der Waals surface area contributed by atoms with E-state index in [9.17, 15) is 9.59 Å². The van der Waals surface area contributed by atoms with Crippen molar-refractivity contribution in [1.82, 2.24) is 25.3 Å². The minimum atomic E-state index is -0.226. The lowest BCUT2D eigenvalue weighted by molar-refractivity contribution is -0.122. The van der Waals surface area contributed by atoms with Crippen LogP contribution in [0.3, 0.4) is 0 Å². The van der Waals surface area contributed by atoms with E-state index < -0.39 is 0 Å². The van der Waals surface area contributed by atoms with Gasteiger partial charge in [-0.2, -0.15) is 0 Å². The van der Waals surface area contributed by atoms with Crippen LogP contribution in [0.1, 0.15) is 10.4 Å². The SMILES string of the molecule is CNC(=O)CN1CCN(C(=O)c2cc(Cl)nnc2Cl)CC1. The van der Waals surface area contributed by atoms with Crippen LogP contribution in [0, 0.1) is 0 Å². The molecule has 0 aliphatic carbocycles. The summed E-state index contributed by atoms with van der Waals surface area (Å²) in [6.45, 7) is 2.63. The maximum Gasteiger partial charge on any atom is 0.257 e. The summed E-state index contributed by atoms with van der Waals surface area (Å²) >= 11 is 11.6. The van der Waals surface area contributed by atoms with Crippen LogP contribution in [0.25, 0.3) is 0 Å². The van der Waals surface area contributed by atoms with E-state index in [0.29, 0.717) is 32.7 Å².